The SMILES string of the molecule is C[C@@H]1CC/C=C\[C@@H]2C[C@@]2(C(=O)NS(=O)(=O)C2(C)CC2)NC(=O)[C@@H]2C[C@@H](Oc3ncccc3Cl)CN2C(=O)[C@@H](NC(=O)OC(C)(C)C(F)(F)F)[C@H](C)C1. The molecule has 2 aliphatic carbocycles. The third-order valence-corrected chi connectivity index (χ3v) is 13.0. The summed E-state index contributed by atoms with van der Waals surface area (Å²) in [6.45, 7) is 6.28. The summed E-state index contributed by atoms with van der Waals surface area (Å²) in [7, 11) is -4.06. The Bertz CT molecular complexity index is 1720. The lowest BCUT2D eigenvalue weighted by atomic mass is 9.88. The number of allylic oxidation sites excluding steroid dienone is 1. The maximum Gasteiger partial charge on any atom is 0.427 e. The lowest BCUT2D eigenvalue weighted by molar-refractivity contribution is -0.244. The van der Waals surface area contributed by atoms with Crippen LogP contribution in [-0.2, 0) is 29.1 Å². The van der Waals surface area contributed by atoms with Crippen LogP contribution in [0.25, 0.3) is 0 Å². The number of ether oxygens (including phenoxy) is 2. The highest BCUT2D eigenvalue weighted by Gasteiger charge is 2.63. The first kappa shape index (κ1) is 39.6. The molecule has 288 valence electrons. The molecule has 2 saturated carbocycles. The van der Waals surface area contributed by atoms with Crippen LogP contribution in [0.3, 0.4) is 0 Å². The van der Waals surface area contributed by atoms with Gasteiger partial charge in [-0.15, -0.1) is 0 Å². The molecule has 5 rings (SSSR count). The molecule has 18 heteroatoms. The molecule has 0 unspecified atom stereocenters. The largest absolute Gasteiger partial charge is 0.471 e. The van der Waals surface area contributed by atoms with Gasteiger partial charge < -0.3 is 25.0 Å². The summed E-state index contributed by atoms with van der Waals surface area (Å²) in [6.07, 6.45) is 0.0859. The third-order valence-electron chi connectivity index (χ3n) is 10.6. The normalized spacial score (nSPS) is 31.4. The van der Waals surface area contributed by atoms with Crippen molar-refractivity contribution in [3.05, 3.63) is 35.5 Å². The summed E-state index contributed by atoms with van der Waals surface area (Å²) in [5.41, 5.74) is -4.51. The minimum absolute atomic E-state index is 0.0293. The maximum absolute atomic E-state index is 14.5. The van der Waals surface area contributed by atoms with E-state index in [4.69, 9.17) is 21.1 Å². The second kappa shape index (κ2) is 14.3. The molecule has 4 aliphatic rings. The highest BCUT2D eigenvalue weighted by molar-refractivity contribution is 7.91. The maximum atomic E-state index is 14.5. The average molecular weight is 776 g/mol. The summed E-state index contributed by atoms with van der Waals surface area (Å²) >= 11 is 6.26. The Balaban J connectivity index is 1.49. The Labute approximate surface area is 305 Å². The van der Waals surface area contributed by atoms with E-state index in [1.807, 2.05) is 13.0 Å². The number of aromatic nitrogens is 1. The van der Waals surface area contributed by atoms with Crippen molar-refractivity contribution in [2.24, 2.45) is 17.8 Å². The second-order valence-corrected chi connectivity index (χ2v) is 17.9. The van der Waals surface area contributed by atoms with E-state index in [2.05, 4.69) is 20.3 Å². The molecule has 0 aromatic carbocycles. The average Bonchev–Trinajstić information content (AvgIpc) is 3.91. The number of hydrogen-bond donors (Lipinski definition) is 3. The molecular weight excluding hydrogens is 731 g/mol. The molecular formula is C34H45ClF3N5O8S. The van der Waals surface area contributed by atoms with Gasteiger partial charge in [0.15, 0.2) is 0 Å². The van der Waals surface area contributed by atoms with Crippen LogP contribution in [0.1, 0.15) is 79.6 Å². The number of fused-ring (bicyclic) bond motifs is 2. The molecule has 0 radical (unpaired) electrons. The van der Waals surface area contributed by atoms with Gasteiger partial charge >= 0.3 is 12.3 Å². The van der Waals surface area contributed by atoms with Crippen molar-refractivity contribution in [3.8, 4) is 5.88 Å². The van der Waals surface area contributed by atoms with Crippen LogP contribution in [0.4, 0.5) is 18.0 Å². The lowest BCUT2D eigenvalue weighted by Gasteiger charge is -2.34. The van der Waals surface area contributed by atoms with E-state index in [-0.39, 0.29) is 36.2 Å². The van der Waals surface area contributed by atoms with Gasteiger partial charge in [-0.05, 0) is 83.3 Å². The number of alkyl carbamates (subject to hydrolysis) is 1. The van der Waals surface area contributed by atoms with Crippen LogP contribution in [0.5, 0.6) is 5.88 Å². The molecule has 2 aliphatic heterocycles. The Morgan fingerprint density at radius 1 is 1.15 bits per heavy atom. The van der Waals surface area contributed by atoms with E-state index in [9.17, 15) is 40.8 Å². The molecule has 3 heterocycles. The summed E-state index contributed by atoms with van der Waals surface area (Å²) < 4.78 is 78.8. The fourth-order valence-corrected chi connectivity index (χ4v) is 8.14. The quantitative estimate of drug-likeness (QED) is 0.340. The molecule has 0 spiro atoms. The van der Waals surface area contributed by atoms with Crippen LogP contribution in [0.15, 0.2) is 30.5 Å². The van der Waals surface area contributed by atoms with Crippen LogP contribution in [0.2, 0.25) is 5.02 Å². The van der Waals surface area contributed by atoms with Crippen LogP contribution in [0, 0.1) is 17.8 Å². The van der Waals surface area contributed by atoms with E-state index in [0.29, 0.717) is 46.0 Å². The van der Waals surface area contributed by atoms with Gasteiger partial charge in [0, 0.05) is 18.5 Å². The Morgan fingerprint density at radius 2 is 1.85 bits per heavy atom. The predicted molar refractivity (Wildman–Crippen MR) is 182 cm³/mol. The van der Waals surface area contributed by atoms with E-state index in [0.717, 1.165) is 4.90 Å². The summed E-state index contributed by atoms with van der Waals surface area (Å²) in [5, 5.41) is 5.25. The number of carbonyl (C=O) groups excluding carboxylic acids is 4. The first-order valence-electron chi connectivity index (χ1n) is 17.3. The van der Waals surface area contributed by atoms with Gasteiger partial charge in [-0.2, -0.15) is 13.2 Å². The molecule has 4 amide bonds. The number of alkyl halides is 3. The zero-order valence-electron chi connectivity index (χ0n) is 29.6. The van der Waals surface area contributed by atoms with E-state index in [1.165, 1.54) is 19.2 Å². The molecule has 7 atom stereocenters. The van der Waals surface area contributed by atoms with Crippen LogP contribution < -0.4 is 20.1 Å². The minimum atomic E-state index is -4.90. The standard InChI is InChI=1S/C34H45ClF3N5O8S/c1-19-9-6-7-10-21-17-33(21,29(46)42-52(48,49)32(5)12-13-32)41-26(44)24-16-22(50-27-23(35)11-8-14-39-27)18-43(24)28(45)25(20(2)15-19)40-30(47)51-31(3,4)34(36,37)38/h7-8,10-11,14,19-22,24-25H,6,9,12-13,15-18H2,1-5H3,(H,40,47)(H,41,44)(H,42,46)/b10-7-/t19-,20-,21-,22-,24+,25+,33-/m1/s1. The summed E-state index contributed by atoms with van der Waals surface area (Å²) in [4.78, 5) is 60.7. The highest BCUT2D eigenvalue weighted by Crippen LogP contribution is 2.47. The molecule has 3 N–H and O–H groups in total. The predicted octanol–water partition coefficient (Wildman–Crippen LogP) is 4.40. The van der Waals surface area contributed by atoms with Crippen LogP contribution >= 0.6 is 11.6 Å². The number of carbonyl (C=O) groups is 4. The zero-order chi connectivity index (χ0) is 38.4. The second-order valence-electron chi connectivity index (χ2n) is 15.3. The van der Waals surface area contributed by atoms with Gasteiger partial charge in [-0.1, -0.05) is 37.6 Å². The van der Waals surface area contributed by atoms with Crippen molar-refractivity contribution >= 4 is 45.4 Å². The molecule has 13 nitrogen and oxygen atoms in total. The number of sulfonamides is 1. The van der Waals surface area contributed by atoms with Gasteiger partial charge in [-0.3, -0.25) is 19.1 Å². The molecule has 52 heavy (non-hydrogen) atoms. The molecule has 1 aromatic rings. The van der Waals surface area contributed by atoms with Crippen molar-refractivity contribution in [2.45, 2.75) is 120 Å². The number of rotatable bonds is 7. The van der Waals surface area contributed by atoms with Gasteiger partial charge in [0.1, 0.15) is 28.7 Å². The number of hydrogen-bond acceptors (Lipinski definition) is 9. The lowest BCUT2D eigenvalue weighted by Crippen LogP contribution is -2.59. The zero-order valence-corrected chi connectivity index (χ0v) is 31.2. The fraction of sp³-hybridized carbons (Fsp3) is 0.676. The van der Waals surface area contributed by atoms with Crippen molar-refractivity contribution in [3.63, 3.8) is 0 Å². The number of halogens is 4. The first-order chi connectivity index (χ1) is 24.1. The van der Waals surface area contributed by atoms with Crippen molar-refractivity contribution < 1.29 is 50.2 Å². The monoisotopic (exact) mass is 775 g/mol. The van der Waals surface area contributed by atoms with E-state index in [1.54, 1.807) is 19.1 Å². The number of amides is 4. The van der Waals surface area contributed by atoms with Crippen molar-refractivity contribution in [1.29, 1.82) is 0 Å². The number of pyridine rings is 1. The fourth-order valence-electron chi connectivity index (χ4n) is 6.66. The van der Waals surface area contributed by atoms with Gasteiger partial charge in [0.05, 0.1) is 11.3 Å². The van der Waals surface area contributed by atoms with Crippen molar-refractivity contribution in [1.82, 2.24) is 25.2 Å². The van der Waals surface area contributed by atoms with Gasteiger partial charge in [0.25, 0.3) is 5.91 Å². The van der Waals surface area contributed by atoms with E-state index < -0.39 is 85.9 Å². The smallest absolute Gasteiger partial charge is 0.427 e. The molecule has 1 saturated heterocycles. The first-order valence-corrected chi connectivity index (χ1v) is 19.1. The van der Waals surface area contributed by atoms with Crippen molar-refractivity contribution in [2.75, 3.05) is 6.54 Å². The molecule has 3 fully saturated rings. The number of nitrogens with zero attached hydrogens (tertiary/aromatic N) is 2. The topological polar surface area (TPSA) is 173 Å². The summed E-state index contributed by atoms with van der Waals surface area (Å²) in [6, 6.07) is 0.375. The summed E-state index contributed by atoms with van der Waals surface area (Å²) in [5.74, 6) is -3.64. The van der Waals surface area contributed by atoms with Crippen LogP contribution in [-0.4, -0.2) is 88.9 Å². The molecule has 0 bridgehead atoms. The van der Waals surface area contributed by atoms with E-state index >= 15 is 0 Å². The molecule has 1 aromatic heterocycles. The Hall–Kier alpha value is -3.60. The van der Waals surface area contributed by atoms with Gasteiger partial charge in [0.2, 0.25) is 33.3 Å². The number of nitrogens with one attached hydrogen (secondary N) is 3. The van der Waals surface area contributed by atoms with Gasteiger partial charge in [-0.25, -0.2) is 18.2 Å². The Kier molecular flexibility index (Phi) is 10.9. The third kappa shape index (κ3) is 8.29. The minimum Gasteiger partial charge on any atom is -0.471 e. The Morgan fingerprint density at radius 3 is 2.48 bits per heavy atom. The highest BCUT2D eigenvalue weighted by atomic mass is 35.5.